The number of carboxylic acids is 1. The molecule has 2 rings (SSSR count). The molecular weight excluding hydrogens is 382 g/mol. The normalized spacial score (nSPS) is 11.2. The minimum atomic E-state index is -1.23. The fourth-order valence-electron chi connectivity index (χ4n) is 2.41. The number of aromatic carboxylic acids is 1. The van der Waals surface area contributed by atoms with Crippen LogP contribution in [0, 0.1) is 16.7 Å². The molecule has 0 bridgehead atoms. The SMILES string of the molecule is [C-]#[N+]c1ccc([N+](=O)[O-])cc1OCC(O)CCNC(=O)c1ccccc1C(=O)O. The first-order valence-corrected chi connectivity index (χ1v) is 8.40. The number of carboxylic acid groups (broad SMARTS) is 1. The van der Waals surface area contributed by atoms with Crippen LogP contribution < -0.4 is 10.1 Å². The van der Waals surface area contributed by atoms with Crippen molar-refractivity contribution >= 4 is 23.3 Å². The fourth-order valence-corrected chi connectivity index (χ4v) is 2.41. The van der Waals surface area contributed by atoms with Gasteiger partial charge in [0.1, 0.15) is 12.4 Å². The summed E-state index contributed by atoms with van der Waals surface area (Å²) in [6.07, 6.45) is -0.939. The first-order valence-electron chi connectivity index (χ1n) is 8.40. The van der Waals surface area contributed by atoms with Crippen LogP contribution >= 0.6 is 0 Å². The van der Waals surface area contributed by atoms with Crippen LogP contribution in [0.2, 0.25) is 0 Å². The number of hydrogen-bond donors (Lipinski definition) is 3. The number of carbonyl (C=O) groups is 2. The number of carbonyl (C=O) groups excluding carboxylic acids is 1. The number of rotatable bonds is 9. The second-order valence-electron chi connectivity index (χ2n) is 5.88. The largest absolute Gasteiger partial charge is 0.502 e. The van der Waals surface area contributed by atoms with Crippen LogP contribution in [0.3, 0.4) is 0 Å². The summed E-state index contributed by atoms with van der Waals surface area (Å²) in [5.41, 5.74) is -0.303. The lowest BCUT2D eigenvalue weighted by molar-refractivity contribution is -0.384. The van der Waals surface area contributed by atoms with E-state index in [0.717, 1.165) is 6.07 Å². The number of non-ortho nitro benzene ring substituents is 1. The lowest BCUT2D eigenvalue weighted by Gasteiger charge is -2.14. The van der Waals surface area contributed by atoms with Crippen LogP contribution in [-0.4, -0.2) is 46.3 Å². The number of benzene rings is 2. The van der Waals surface area contributed by atoms with Crippen molar-refractivity contribution < 1.29 is 29.5 Å². The second-order valence-corrected chi connectivity index (χ2v) is 5.88. The summed E-state index contributed by atoms with van der Waals surface area (Å²) in [5, 5.41) is 32.4. The van der Waals surface area contributed by atoms with Gasteiger partial charge in [-0.05, 0) is 24.6 Å². The van der Waals surface area contributed by atoms with Gasteiger partial charge in [-0.3, -0.25) is 14.9 Å². The molecule has 0 radical (unpaired) electrons. The quantitative estimate of drug-likeness (QED) is 0.334. The zero-order chi connectivity index (χ0) is 21.4. The molecule has 0 aliphatic rings. The number of nitrogens with zero attached hydrogens (tertiary/aromatic N) is 2. The van der Waals surface area contributed by atoms with Crippen molar-refractivity contribution in [1.29, 1.82) is 0 Å². The van der Waals surface area contributed by atoms with Crippen LogP contribution in [0.5, 0.6) is 5.75 Å². The minimum Gasteiger partial charge on any atom is -0.502 e. The molecule has 0 heterocycles. The van der Waals surface area contributed by atoms with E-state index in [4.69, 9.17) is 16.4 Å². The van der Waals surface area contributed by atoms with Gasteiger partial charge in [0.05, 0.1) is 28.7 Å². The standard InChI is InChI=1S/C19H17N3O7/c1-20-16-7-6-12(22(27)28)10-17(16)29-11-13(23)8-9-21-18(24)14-4-2-3-5-15(14)19(25)26/h2-7,10,13,23H,8-9,11H2,(H,21,24)(H,25,26). The first kappa shape index (κ1) is 21.3. The third-order valence-corrected chi connectivity index (χ3v) is 3.87. The molecule has 0 saturated heterocycles. The summed E-state index contributed by atoms with van der Waals surface area (Å²) < 4.78 is 5.31. The molecule has 1 atom stereocenters. The average molecular weight is 399 g/mol. The molecule has 10 nitrogen and oxygen atoms in total. The topological polar surface area (TPSA) is 143 Å². The zero-order valence-electron chi connectivity index (χ0n) is 15.1. The Morgan fingerprint density at radius 1 is 1.24 bits per heavy atom. The van der Waals surface area contributed by atoms with Crippen LogP contribution in [0.25, 0.3) is 4.85 Å². The predicted octanol–water partition coefficient (Wildman–Crippen LogP) is 2.40. The maximum atomic E-state index is 12.1. The number of hydrogen-bond acceptors (Lipinski definition) is 6. The van der Waals surface area contributed by atoms with Crippen LogP contribution in [0.1, 0.15) is 27.1 Å². The lowest BCUT2D eigenvalue weighted by Crippen LogP contribution is -2.30. The van der Waals surface area contributed by atoms with Crippen molar-refractivity contribution in [2.45, 2.75) is 12.5 Å². The fraction of sp³-hybridized carbons (Fsp3) is 0.211. The number of aliphatic hydroxyl groups is 1. The molecule has 1 unspecified atom stereocenters. The number of nitrogens with one attached hydrogen (secondary N) is 1. The van der Waals surface area contributed by atoms with E-state index in [0.29, 0.717) is 0 Å². The lowest BCUT2D eigenvalue weighted by atomic mass is 10.1. The summed E-state index contributed by atoms with van der Waals surface area (Å²) >= 11 is 0. The molecule has 29 heavy (non-hydrogen) atoms. The highest BCUT2D eigenvalue weighted by Gasteiger charge is 2.17. The molecule has 0 spiro atoms. The van der Waals surface area contributed by atoms with Crippen LogP contribution in [0.4, 0.5) is 11.4 Å². The van der Waals surface area contributed by atoms with Crippen molar-refractivity contribution in [1.82, 2.24) is 5.32 Å². The Bertz CT molecular complexity index is 969. The van der Waals surface area contributed by atoms with E-state index in [-0.39, 0.29) is 47.8 Å². The summed E-state index contributed by atoms with van der Waals surface area (Å²) in [6.45, 7) is 6.86. The van der Waals surface area contributed by atoms with Gasteiger partial charge < -0.3 is 20.3 Å². The number of amides is 1. The van der Waals surface area contributed by atoms with Gasteiger partial charge >= 0.3 is 5.97 Å². The molecule has 0 aliphatic heterocycles. The molecule has 0 aliphatic carbocycles. The summed E-state index contributed by atoms with van der Waals surface area (Å²) in [4.78, 5) is 36.7. The van der Waals surface area contributed by atoms with Crippen molar-refractivity contribution in [3.05, 3.63) is 75.1 Å². The Hall–Kier alpha value is -3.97. The van der Waals surface area contributed by atoms with Crippen molar-refractivity contribution in [3.8, 4) is 5.75 Å². The molecule has 2 aromatic rings. The van der Waals surface area contributed by atoms with Crippen molar-refractivity contribution in [2.24, 2.45) is 0 Å². The number of aliphatic hydroxyl groups excluding tert-OH is 1. The highest BCUT2D eigenvalue weighted by molar-refractivity contribution is 6.04. The smallest absolute Gasteiger partial charge is 0.336 e. The number of ether oxygens (including phenoxy) is 1. The molecule has 0 saturated carbocycles. The van der Waals surface area contributed by atoms with Gasteiger partial charge in [0.15, 0.2) is 0 Å². The number of nitro groups is 1. The monoisotopic (exact) mass is 399 g/mol. The molecule has 10 heteroatoms. The molecule has 150 valence electrons. The predicted molar refractivity (Wildman–Crippen MR) is 101 cm³/mol. The first-order chi connectivity index (χ1) is 13.8. The van der Waals surface area contributed by atoms with Crippen molar-refractivity contribution in [3.63, 3.8) is 0 Å². The Morgan fingerprint density at radius 3 is 2.55 bits per heavy atom. The van der Waals surface area contributed by atoms with Gasteiger partial charge in [0, 0.05) is 18.7 Å². The third kappa shape index (κ3) is 5.75. The van der Waals surface area contributed by atoms with E-state index in [1.54, 1.807) is 0 Å². The molecule has 2 aromatic carbocycles. The third-order valence-electron chi connectivity index (χ3n) is 3.87. The van der Waals surface area contributed by atoms with Crippen LogP contribution in [-0.2, 0) is 0 Å². The second kappa shape index (κ2) is 9.82. The van der Waals surface area contributed by atoms with Gasteiger partial charge in [-0.1, -0.05) is 12.1 Å². The minimum absolute atomic E-state index is 0.00374. The zero-order valence-corrected chi connectivity index (χ0v) is 15.1. The van der Waals surface area contributed by atoms with Gasteiger partial charge in [-0.2, -0.15) is 0 Å². The molecule has 0 aromatic heterocycles. The van der Waals surface area contributed by atoms with Crippen LogP contribution in [0.15, 0.2) is 42.5 Å². The Kier molecular flexibility index (Phi) is 7.22. The molecular formula is C19H17N3O7. The maximum absolute atomic E-state index is 12.1. The van der Waals surface area contributed by atoms with E-state index in [9.17, 15) is 24.8 Å². The highest BCUT2D eigenvalue weighted by atomic mass is 16.6. The maximum Gasteiger partial charge on any atom is 0.336 e. The molecule has 1 amide bonds. The van der Waals surface area contributed by atoms with E-state index >= 15 is 0 Å². The Balaban J connectivity index is 1.88. The van der Waals surface area contributed by atoms with E-state index in [1.807, 2.05) is 0 Å². The molecule has 3 N–H and O–H groups in total. The highest BCUT2D eigenvalue weighted by Crippen LogP contribution is 2.31. The summed E-state index contributed by atoms with van der Waals surface area (Å²) in [6, 6.07) is 9.28. The average Bonchev–Trinajstić information content (AvgIpc) is 2.71. The molecule has 0 fully saturated rings. The summed E-state index contributed by atoms with van der Waals surface area (Å²) in [5.74, 6) is -1.84. The Morgan fingerprint density at radius 2 is 1.93 bits per heavy atom. The number of nitro benzene ring substituents is 1. The summed E-state index contributed by atoms with van der Waals surface area (Å²) in [7, 11) is 0. The Labute approximate surface area is 165 Å². The van der Waals surface area contributed by atoms with Gasteiger partial charge in [-0.25, -0.2) is 9.64 Å². The van der Waals surface area contributed by atoms with E-state index in [2.05, 4.69) is 10.2 Å². The van der Waals surface area contributed by atoms with Crippen molar-refractivity contribution in [2.75, 3.05) is 13.2 Å². The van der Waals surface area contributed by atoms with Gasteiger partial charge in [0.25, 0.3) is 11.6 Å². The van der Waals surface area contributed by atoms with E-state index < -0.39 is 22.9 Å². The van der Waals surface area contributed by atoms with E-state index in [1.165, 1.54) is 36.4 Å². The van der Waals surface area contributed by atoms with Gasteiger partial charge in [-0.15, -0.1) is 0 Å². The van der Waals surface area contributed by atoms with Gasteiger partial charge in [0.2, 0.25) is 5.69 Å².